The van der Waals surface area contributed by atoms with Gasteiger partial charge in [0.25, 0.3) is 0 Å². The Morgan fingerprint density at radius 1 is 1.60 bits per heavy atom. The number of aliphatic hydroxyl groups excluding tert-OH is 1. The van der Waals surface area contributed by atoms with Crippen molar-refractivity contribution in [3.63, 3.8) is 0 Å². The second-order valence-corrected chi connectivity index (χ2v) is 3.06. The molecule has 0 amide bonds. The van der Waals surface area contributed by atoms with E-state index in [0.717, 1.165) is 0 Å². The molecule has 1 aliphatic heterocycles. The lowest BCUT2D eigenvalue weighted by Gasteiger charge is -2.22. The summed E-state index contributed by atoms with van der Waals surface area (Å²) < 4.78 is 12.9. The zero-order chi connectivity index (χ0) is 7.72. The maximum absolute atomic E-state index is 12.9. The molecule has 3 heteroatoms. The highest BCUT2D eigenvalue weighted by molar-refractivity contribution is 4.81. The van der Waals surface area contributed by atoms with Gasteiger partial charge in [-0.05, 0) is 20.3 Å². The standard InChI is InChI=1S/C7H14FNO/c1-5(2)9-4-3-6(10)7(9)8/h5-7,10H,3-4H2,1-2H3. The van der Waals surface area contributed by atoms with Crippen LogP contribution in [-0.2, 0) is 0 Å². The van der Waals surface area contributed by atoms with Crippen LogP contribution in [0.3, 0.4) is 0 Å². The summed E-state index contributed by atoms with van der Waals surface area (Å²) in [6.45, 7) is 4.55. The van der Waals surface area contributed by atoms with Gasteiger partial charge in [-0.2, -0.15) is 0 Å². The molecule has 0 spiro atoms. The first-order valence-electron chi connectivity index (χ1n) is 3.71. The first kappa shape index (κ1) is 7.95. The molecule has 1 heterocycles. The minimum Gasteiger partial charge on any atom is -0.389 e. The van der Waals surface area contributed by atoms with Gasteiger partial charge in [-0.1, -0.05) is 0 Å². The Balaban J connectivity index is 2.49. The van der Waals surface area contributed by atoms with Crippen LogP contribution in [0.1, 0.15) is 20.3 Å². The minimum absolute atomic E-state index is 0.201. The molecule has 1 fully saturated rings. The van der Waals surface area contributed by atoms with Crippen LogP contribution in [0.4, 0.5) is 4.39 Å². The topological polar surface area (TPSA) is 23.5 Å². The molecule has 0 aromatic carbocycles. The number of nitrogens with zero attached hydrogens (tertiary/aromatic N) is 1. The Hall–Kier alpha value is -0.150. The fourth-order valence-corrected chi connectivity index (χ4v) is 1.31. The SMILES string of the molecule is CC(C)N1CCC(O)C1F. The van der Waals surface area contributed by atoms with Crippen LogP contribution in [0.5, 0.6) is 0 Å². The van der Waals surface area contributed by atoms with Crippen molar-refractivity contribution in [3.05, 3.63) is 0 Å². The minimum atomic E-state index is -1.14. The lowest BCUT2D eigenvalue weighted by atomic mass is 10.3. The molecule has 2 atom stereocenters. The van der Waals surface area contributed by atoms with E-state index in [1.54, 1.807) is 4.90 Å². The molecule has 0 aromatic rings. The van der Waals surface area contributed by atoms with Crippen LogP contribution in [0.25, 0.3) is 0 Å². The summed E-state index contributed by atoms with van der Waals surface area (Å²) in [5.41, 5.74) is 0. The third-order valence-corrected chi connectivity index (χ3v) is 1.98. The number of hydrogen-bond donors (Lipinski definition) is 1. The van der Waals surface area contributed by atoms with Crippen LogP contribution in [0.2, 0.25) is 0 Å². The average Bonchev–Trinajstić information content (AvgIpc) is 2.14. The fraction of sp³-hybridized carbons (Fsp3) is 1.00. The largest absolute Gasteiger partial charge is 0.389 e. The number of aliphatic hydroxyl groups is 1. The van der Waals surface area contributed by atoms with Crippen molar-refractivity contribution in [3.8, 4) is 0 Å². The lowest BCUT2D eigenvalue weighted by molar-refractivity contribution is 0.0147. The predicted octanol–water partition coefficient (Wildman–Crippen LogP) is 0.757. The number of alkyl halides is 1. The van der Waals surface area contributed by atoms with Crippen molar-refractivity contribution in [1.29, 1.82) is 0 Å². The van der Waals surface area contributed by atoms with Gasteiger partial charge in [-0.3, -0.25) is 4.90 Å². The second-order valence-electron chi connectivity index (χ2n) is 3.06. The number of rotatable bonds is 1. The Morgan fingerprint density at radius 3 is 2.40 bits per heavy atom. The van der Waals surface area contributed by atoms with Gasteiger partial charge in [0.15, 0.2) is 6.30 Å². The molecule has 1 aliphatic rings. The van der Waals surface area contributed by atoms with Crippen molar-refractivity contribution >= 4 is 0 Å². The van der Waals surface area contributed by atoms with Crippen LogP contribution in [0, 0.1) is 0 Å². The Bertz CT molecular complexity index is 118. The van der Waals surface area contributed by atoms with E-state index in [0.29, 0.717) is 13.0 Å². The number of halogens is 1. The zero-order valence-electron chi connectivity index (χ0n) is 6.42. The molecule has 0 aliphatic carbocycles. The first-order chi connectivity index (χ1) is 4.63. The van der Waals surface area contributed by atoms with E-state index < -0.39 is 12.4 Å². The van der Waals surface area contributed by atoms with Gasteiger partial charge < -0.3 is 5.11 Å². The third kappa shape index (κ3) is 1.30. The molecule has 0 radical (unpaired) electrons. The summed E-state index contributed by atoms with van der Waals surface area (Å²) in [7, 11) is 0. The molecule has 10 heavy (non-hydrogen) atoms. The number of hydrogen-bond acceptors (Lipinski definition) is 2. The van der Waals surface area contributed by atoms with E-state index in [1.807, 2.05) is 13.8 Å². The van der Waals surface area contributed by atoms with E-state index in [1.165, 1.54) is 0 Å². The molecule has 0 aromatic heterocycles. The highest BCUT2D eigenvalue weighted by Crippen LogP contribution is 2.20. The molecular weight excluding hydrogens is 133 g/mol. The van der Waals surface area contributed by atoms with E-state index in [-0.39, 0.29) is 6.04 Å². The first-order valence-corrected chi connectivity index (χ1v) is 3.71. The smallest absolute Gasteiger partial charge is 0.180 e. The molecule has 1 N–H and O–H groups in total. The summed E-state index contributed by atoms with van der Waals surface area (Å²) >= 11 is 0. The molecule has 1 saturated heterocycles. The van der Waals surface area contributed by atoms with Crippen LogP contribution >= 0.6 is 0 Å². The number of likely N-dealkylation sites (tertiary alicyclic amines) is 1. The molecule has 0 saturated carbocycles. The van der Waals surface area contributed by atoms with Gasteiger partial charge >= 0.3 is 0 Å². The van der Waals surface area contributed by atoms with Gasteiger partial charge in [0.05, 0.1) is 0 Å². The van der Waals surface area contributed by atoms with Gasteiger partial charge in [-0.25, -0.2) is 4.39 Å². The summed E-state index contributed by atoms with van der Waals surface area (Å²) in [6, 6.07) is 0.201. The third-order valence-electron chi connectivity index (χ3n) is 1.98. The van der Waals surface area contributed by atoms with Crippen LogP contribution in [-0.4, -0.2) is 35.0 Å². The highest BCUT2D eigenvalue weighted by Gasteiger charge is 2.33. The van der Waals surface area contributed by atoms with Gasteiger partial charge in [0.2, 0.25) is 0 Å². The Morgan fingerprint density at radius 2 is 2.20 bits per heavy atom. The van der Waals surface area contributed by atoms with Gasteiger partial charge in [-0.15, -0.1) is 0 Å². The van der Waals surface area contributed by atoms with E-state index >= 15 is 0 Å². The average molecular weight is 147 g/mol. The predicted molar refractivity (Wildman–Crippen MR) is 37.4 cm³/mol. The normalized spacial score (nSPS) is 35.7. The van der Waals surface area contributed by atoms with E-state index in [9.17, 15) is 4.39 Å². The monoisotopic (exact) mass is 147 g/mol. The molecule has 1 rings (SSSR count). The van der Waals surface area contributed by atoms with Crippen molar-refractivity contribution in [2.24, 2.45) is 0 Å². The van der Waals surface area contributed by atoms with Crippen molar-refractivity contribution in [1.82, 2.24) is 4.90 Å². The maximum atomic E-state index is 12.9. The quantitative estimate of drug-likeness (QED) is 0.553. The van der Waals surface area contributed by atoms with E-state index in [2.05, 4.69) is 0 Å². The van der Waals surface area contributed by atoms with Gasteiger partial charge in [0.1, 0.15) is 6.10 Å². The van der Waals surface area contributed by atoms with Crippen LogP contribution in [0.15, 0.2) is 0 Å². The fourth-order valence-electron chi connectivity index (χ4n) is 1.31. The van der Waals surface area contributed by atoms with E-state index in [4.69, 9.17) is 5.11 Å². The summed E-state index contributed by atoms with van der Waals surface area (Å²) in [5, 5.41) is 9.00. The zero-order valence-corrected chi connectivity index (χ0v) is 6.42. The van der Waals surface area contributed by atoms with Crippen LogP contribution < -0.4 is 0 Å². The highest BCUT2D eigenvalue weighted by atomic mass is 19.1. The summed E-state index contributed by atoms with van der Waals surface area (Å²) in [4.78, 5) is 1.67. The lowest BCUT2D eigenvalue weighted by Crippen LogP contribution is -2.36. The van der Waals surface area contributed by atoms with Gasteiger partial charge in [0, 0.05) is 12.6 Å². The molecular formula is C7H14FNO. The second kappa shape index (κ2) is 2.84. The molecule has 2 nitrogen and oxygen atoms in total. The maximum Gasteiger partial charge on any atom is 0.180 e. The molecule has 60 valence electrons. The Labute approximate surface area is 60.6 Å². The van der Waals surface area contributed by atoms with Crippen molar-refractivity contribution < 1.29 is 9.50 Å². The van der Waals surface area contributed by atoms with Crippen molar-refractivity contribution in [2.75, 3.05) is 6.54 Å². The summed E-state index contributed by atoms with van der Waals surface area (Å²) in [5.74, 6) is 0. The molecule has 0 bridgehead atoms. The Kier molecular flexibility index (Phi) is 2.26. The molecule has 2 unspecified atom stereocenters. The summed E-state index contributed by atoms with van der Waals surface area (Å²) in [6.07, 6.45) is -1.33. The van der Waals surface area contributed by atoms with Crippen molar-refractivity contribution in [2.45, 2.75) is 38.7 Å².